The summed E-state index contributed by atoms with van der Waals surface area (Å²) in [5.74, 6) is 0. The minimum absolute atomic E-state index is 0.606. The molecule has 16 heavy (non-hydrogen) atoms. The highest BCUT2D eigenvalue weighted by molar-refractivity contribution is 4.91. The van der Waals surface area contributed by atoms with Crippen LogP contribution in [0.4, 0.5) is 0 Å². The topological polar surface area (TPSA) is 60.0 Å². The second kappa shape index (κ2) is 7.35. The molecular weight excluding hydrogens is 202 g/mol. The molecule has 0 aliphatic carbocycles. The molecule has 1 heterocycles. The second-order valence-electron chi connectivity index (χ2n) is 4.21. The van der Waals surface area contributed by atoms with E-state index < -0.39 is 0 Å². The summed E-state index contributed by atoms with van der Waals surface area (Å²) >= 11 is 0. The molecule has 0 bridgehead atoms. The Morgan fingerprint density at radius 3 is 2.94 bits per heavy atom. The molecule has 0 saturated carbocycles. The summed E-state index contributed by atoms with van der Waals surface area (Å²) in [4.78, 5) is 2.28. The molecular formula is C11H23N5. The van der Waals surface area contributed by atoms with Crippen molar-refractivity contribution in [3.8, 4) is 0 Å². The lowest BCUT2D eigenvalue weighted by atomic mass is 10.2. The average Bonchev–Trinajstić information content (AvgIpc) is 2.66. The first-order valence-corrected chi connectivity index (χ1v) is 6.04. The number of unbranched alkanes of at least 4 members (excludes halogenated alkanes) is 2. The highest BCUT2D eigenvalue weighted by atomic mass is 15.4. The summed E-state index contributed by atoms with van der Waals surface area (Å²) in [6.45, 7) is 5.56. The van der Waals surface area contributed by atoms with Crippen molar-refractivity contribution < 1.29 is 0 Å². The van der Waals surface area contributed by atoms with Crippen molar-refractivity contribution in [2.45, 2.75) is 39.3 Å². The van der Waals surface area contributed by atoms with E-state index in [1.54, 1.807) is 4.68 Å². The van der Waals surface area contributed by atoms with Crippen LogP contribution in [0.15, 0.2) is 6.20 Å². The fourth-order valence-electron chi connectivity index (χ4n) is 1.64. The summed E-state index contributed by atoms with van der Waals surface area (Å²) in [7, 11) is 2.12. The van der Waals surface area contributed by atoms with Gasteiger partial charge in [0.05, 0.1) is 12.2 Å². The van der Waals surface area contributed by atoms with Crippen molar-refractivity contribution in [3.05, 3.63) is 11.9 Å². The number of aromatic nitrogens is 3. The van der Waals surface area contributed by atoms with Gasteiger partial charge in [0.15, 0.2) is 0 Å². The van der Waals surface area contributed by atoms with E-state index in [9.17, 15) is 0 Å². The third-order valence-corrected chi connectivity index (χ3v) is 2.52. The zero-order valence-electron chi connectivity index (χ0n) is 10.4. The van der Waals surface area contributed by atoms with Crippen molar-refractivity contribution in [2.24, 2.45) is 5.73 Å². The smallest absolute Gasteiger partial charge is 0.0967 e. The first kappa shape index (κ1) is 13.1. The van der Waals surface area contributed by atoms with E-state index >= 15 is 0 Å². The van der Waals surface area contributed by atoms with Crippen molar-refractivity contribution in [3.63, 3.8) is 0 Å². The number of hydrogen-bond donors (Lipinski definition) is 1. The van der Waals surface area contributed by atoms with Gasteiger partial charge in [-0.2, -0.15) is 0 Å². The summed E-state index contributed by atoms with van der Waals surface area (Å²) in [6, 6.07) is 0. The minimum Gasteiger partial charge on any atom is -0.329 e. The summed E-state index contributed by atoms with van der Waals surface area (Å²) in [6.07, 6.45) is 5.79. The van der Waals surface area contributed by atoms with Crippen LogP contribution in [0.5, 0.6) is 0 Å². The van der Waals surface area contributed by atoms with Crippen LogP contribution in [-0.2, 0) is 13.1 Å². The number of nitrogens with two attached hydrogens (primary N) is 1. The van der Waals surface area contributed by atoms with Crippen LogP contribution >= 0.6 is 0 Å². The number of nitrogens with zero attached hydrogens (tertiary/aromatic N) is 4. The zero-order chi connectivity index (χ0) is 11.8. The quantitative estimate of drug-likeness (QED) is 0.667. The molecule has 0 saturated heterocycles. The van der Waals surface area contributed by atoms with Gasteiger partial charge in [-0.05, 0) is 20.0 Å². The van der Waals surface area contributed by atoms with E-state index in [-0.39, 0.29) is 0 Å². The normalized spacial score (nSPS) is 11.2. The Bertz CT molecular complexity index is 284. The summed E-state index contributed by atoms with van der Waals surface area (Å²) < 4.78 is 1.80. The molecule has 0 amide bonds. The maximum absolute atomic E-state index is 5.45. The molecule has 0 fully saturated rings. The third kappa shape index (κ3) is 4.72. The van der Waals surface area contributed by atoms with Gasteiger partial charge in [0.1, 0.15) is 0 Å². The molecule has 0 atom stereocenters. The monoisotopic (exact) mass is 225 g/mol. The summed E-state index contributed by atoms with van der Waals surface area (Å²) in [5, 5.41) is 8.13. The fraction of sp³-hybridized carbons (Fsp3) is 0.818. The summed E-state index contributed by atoms with van der Waals surface area (Å²) in [5.41, 5.74) is 6.47. The minimum atomic E-state index is 0.606. The fourth-order valence-corrected chi connectivity index (χ4v) is 1.64. The molecule has 5 nitrogen and oxygen atoms in total. The molecule has 2 N–H and O–H groups in total. The molecule has 0 aliphatic rings. The van der Waals surface area contributed by atoms with Crippen LogP contribution in [0.3, 0.4) is 0 Å². The van der Waals surface area contributed by atoms with Crippen molar-refractivity contribution in [2.75, 3.05) is 20.1 Å². The third-order valence-electron chi connectivity index (χ3n) is 2.52. The lowest BCUT2D eigenvalue weighted by Crippen LogP contribution is -2.19. The van der Waals surface area contributed by atoms with Gasteiger partial charge in [-0.25, -0.2) is 0 Å². The van der Waals surface area contributed by atoms with E-state index in [4.69, 9.17) is 5.73 Å². The molecule has 0 aromatic carbocycles. The Hall–Kier alpha value is -0.940. The van der Waals surface area contributed by atoms with Gasteiger partial charge >= 0.3 is 0 Å². The van der Waals surface area contributed by atoms with Crippen molar-refractivity contribution >= 4 is 0 Å². The maximum Gasteiger partial charge on any atom is 0.0967 e. The molecule has 5 heteroatoms. The Morgan fingerprint density at radius 1 is 1.44 bits per heavy atom. The molecule has 0 aliphatic heterocycles. The lowest BCUT2D eigenvalue weighted by Gasteiger charge is -2.13. The first-order chi connectivity index (χ1) is 7.76. The Balaban J connectivity index is 2.28. The van der Waals surface area contributed by atoms with Crippen LogP contribution in [0, 0.1) is 0 Å². The van der Waals surface area contributed by atoms with Crippen LogP contribution < -0.4 is 5.73 Å². The van der Waals surface area contributed by atoms with Crippen LogP contribution in [-0.4, -0.2) is 40.0 Å². The number of rotatable bonds is 8. The van der Waals surface area contributed by atoms with Gasteiger partial charge in [0, 0.05) is 19.3 Å². The van der Waals surface area contributed by atoms with Crippen LogP contribution in [0.25, 0.3) is 0 Å². The molecule has 0 spiro atoms. The van der Waals surface area contributed by atoms with Gasteiger partial charge in [-0.15, -0.1) is 5.10 Å². The Labute approximate surface area is 97.6 Å². The molecule has 92 valence electrons. The van der Waals surface area contributed by atoms with Crippen LogP contribution in [0.2, 0.25) is 0 Å². The predicted molar refractivity (Wildman–Crippen MR) is 64.9 cm³/mol. The van der Waals surface area contributed by atoms with Crippen molar-refractivity contribution in [1.29, 1.82) is 0 Å². The lowest BCUT2D eigenvalue weighted by molar-refractivity contribution is 0.314. The Kier molecular flexibility index (Phi) is 6.03. The standard InChI is InChI=1S/C11H23N5/c1-3-4-5-7-15(2)9-11-10-16(8-6-12)14-13-11/h10H,3-9,12H2,1-2H3. The molecule has 1 rings (SSSR count). The van der Waals surface area contributed by atoms with Crippen LogP contribution in [0.1, 0.15) is 31.9 Å². The van der Waals surface area contributed by atoms with Gasteiger partial charge in [-0.3, -0.25) is 4.68 Å². The number of hydrogen-bond acceptors (Lipinski definition) is 4. The molecule has 0 radical (unpaired) electrons. The first-order valence-electron chi connectivity index (χ1n) is 6.04. The SMILES string of the molecule is CCCCCN(C)Cc1cn(CCN)nn1. The van der Waals surface area contributed by atoms with Gasteiger partial charge in [0.25, 0.3) is 0 Å². The van der Waals surface area contributed by atoms with Gasteiger partial charge < -0.3 is 10.6 Å². The second-order valence-corrected chi connectivity index (χ2v) is 4.21. The zero-order valence-corrected chi connectivity index (χ0v) is 10.4. The Morgan fingerprint density at radius 2 is 2.25 bits per heavy atom. The van der Waals surface area contributed by atoms with E-state index in [1.807, 2.05) is 6.20 Å². The maximum atomic E-state index is 5.45. The van der Waals surface area contributed by atoms with E-state index in [0.717, 1.165) is 25.3 Å². The van der Waals surface area contributed by atoms with E-state index in [0.29, 0.717) is 6.54 Å². The highest BCUT2D eigenvalue weighted by Crippen LogP contribution is 2.01. The van der Waals surface area contributed by atoms with Gasteiger partial charge in [-0.1, -0.05) is 25.0 Å². The largest absolute Gasteiger partial charge is 0.329 e. The predicted octanol–water partition coefficient (Wildman–Crippen LogP) is 0.859. The van der Waals surface area contributed by atoms with E-state index in [1.165, 1.54) is 19.3 Å². The van der Waals surface area contributed by atoms with Crippen molar-refractivity contribution in [1.82, 2.24) is 19.9 Å². The molecule has 0 unspecified atom stereocenters. The molecule has 1 aromatic rings. The average molecular weight is 225 g/mol. The molecule has 1 aromatic heterocycles. The van der Waals surface area contributed by atoms with Gasteiger partial charge in [0.2, 0.25) is 0 Å². The van der Waals surface area contributed by atoms with E-state index in [2.05, 4.69) is 29.2 Å². The highest BCUT2D eigenvalue weighted by Gasteiger charge is 2.04.